The summed E-state index contributed by atoms with van der Waals surface area (Å²) in [5.74, 6) is 1.94. The summed E-state index contributed by atoms with van der Waals surface area (Å²) in [5.41, 5.74) is 2.96. The molecule has 3 nitrogen and oxygen atoms in total. The SMILES string of the molecule is COc1ccc(C(=O)CCN2CCC(C)CC2)c(C)c1C. The lowest BCUT2D eigenvalue weighted by molar-refractivity contribution is 0.0952. The van der Waals surface area contributed by atoms with Gasteiger partial charge in [-0.05, 0) is 69.0 Å². The maximum Gasteiger partial charge on any atom is 0.164 e. The summed E-state index contributed by atoms with van der Waals surface area (Å²) >= 11 is 0. The minimum absolute atomic E-state index is 0.247. The molecule has 0 saturated carbocycles. The Kier molecular flexibility index (Phi) is 5.40. The third-order valence-electron chi connectivity index (χ3n) is 4.79. The van der Waals surface area contributed by atoms with E-state index in [-0.39, 0.29) is 5.78 Å². The number of methoxy groups -OCH3 is 1. The quantitative estimate of drug-likeness (QED) is 0.775. The Morgan fingerprint density at radius 2 is 1.90 bits per heavy atom. The number of Topliss-reactive ketones (excluding diaryl/α,β-unsaturated/α-hetero) is 1. The van der Waals surface area contributed by atoms with Gasteiger partial charge in [0.05, 0.1) is 7.11 Å². The molecular weight excluding hydrogens is 262 g/mol. The molecule has 1 aliphatic heterocycles. The molecule has 0 radical (unpaired) electrons. The highest BCUT2D eigenvalue weighted by Gasteiger charge is 2.18. The van der Waals surface area contributed by atoms with Gasteiger partial charge in [0.25, 0.3) is 0 Å². The second-order valence-corrected chi connectivity index (χ2v) is 6.26. The summed E-state index contributed by atoms with van der Waals surface area (Å²) in [6.07, 6.45) is 3.13. The molecule has 0 atom stereocenters. The van der Waals surface area contributed by atoms with Crippen LogP contribution in [0.5, 0.6) is 5.75 Å². The van der Waals surface area contributed by atoms with E-state index in [2.05, 4.69) is 11.8 Å². The fourth-order valence-electron chi connectivity index (χ4n) is 3.00. The first-order valence-corrected chi connectivity index (χ1v) is 7.92. The monoisotopic (exact) mass is 289 g/mol. The Bertz CT molecular complexity index is 502. The van der Waals surface area contributed by atoms with Gasteiger partial charge in [0, 0.05) is 18.5 Å². The van der Waals surface area contributed by atoms with E-state index in [0.717, 1.165) is 48.0 Å². The molecule has 116 valence electrons. The van der Waals surface area contributed by atoms with Crippen molar-refractivity contribution in [3.8, 4) is 5.75 Å². The Balaban J connectivity index is 1.96. The van der Waals surface area contributed by atoms with Crippen LogP contribution >= 0.6 is 0 Å². The fourth-order valence-corrected chi connectivity index (χ4v) is 3.00. The normalized spacial score (nSPS) is 17.0. The van der Waals surface area contributed by atoms with Crippen LogP contribution in [0.25, 0.3) is 0 Å². The summed E-state index contributed by atoms with van der Waals surface area (Å²) in [6, 6.07) is 3.81. The summed E-state index contributed by atoms with van der Waals surface area (Å²) in [5, 5.41) is 0. The van der Waals surface area contributed by atoms with Crippen LogP contribution in [0.2, 0.25) is 0 Å². The van der Waals surface area contributed by atoms with Gasteiger partial charge in [-0.25, -0.2) is 0 Å². The Morgan fingerprint density at radius 3 is 2.52 bits per heavy atom. The highest BCUT2D eigenvalue weighted by atomic mass is 16.5. The molecule has 0 N–H and O–H groups in total. The Morgan fingerprint density at radius 1 is 1.24 bits per heavy atom. The molecule has 0 aromatic heterocycles. The van der Waals surface area contributed by atoms with Gasteiger partial charge in [0.15, 0.2) is 5.78 Å². The zero-order valence-corrected chi connectivity index (χ0v) is 13.7. The van der Waals surface area contributed by atoms with Gasteiger partial charge in [-0.3, -0.25) is 4.79 Å². The third-order valence-corrected chi connectivity index (χ3v) is 4.79. The van der Waals surface area contributed by atoms with Crippen molar-refractivity contribution >= 4 is 5.78 Å². The molecule has 2 rings (SSSR count). The zero-order chi connectivity index (χ0) is 15.4. The Labute approximate surface area is 128 Å². The lowest BCUT2D eigenvalue weighted by Crippen LogP contribution is -2.34. The molecule has 1 heterocycles. The first kappa shape index (κ1) is 16.0. The van der Waals surface area contributed by atoms with Crippen LogP contribution in [-0.2, 0) is 0 Å². The van der Waals surface area contributed by atoms with E-state index in [1.54, 1.807) is 7.11 Å². The first-order chi connectivity index (χ1) is 10.0. The number of carbonyl (C=O) groups is 1. The number of rotatable bonds is 5. The van der Waals surface area contributed by atoms with E-state index >= 15 is 0 Å². The van der Waals surface area contributed by atoms with Crippen LogP contribution in [0.3, 0.4) is 0 Å². The molecule has 0 aliphatic carbocycles. The molecule has 1 aromatic rings. The van der Waals surface area contributed by atoms with E-state index in [0.29, 0.717) is 6.42 Å². The molecule has 3 heteroatoms. The van der Waals surface area contributed by atoms with Gasteiger partial charge in [0.1, 0.15) is 5.75 Å². The molecule has 0 bridgehead atoms. The van der Waals surface area contributed by atoms with Crippen LogP contribution in [0.1, 0.15) is 47.7 Å². The lowest BCUT2D eigenvalue weighted by Gasteiger charge is -2.29. The number of likely N-dealkylation sites (tertiary alicyclic amines) is 1. The second-order valence-electron chi connectivity index (χ2n) is 6.26. The smallest absolute Gasteiger partial charge is 0.164 e. The van der Waals surface area contributed by atoms with Crippen LogP contribution in [-0.4, -0.2) is 37.4 Å². The molecule has 1 fully saturated rings. The largest absolute Gasteiger partial charge is 0.496 e. The van der Waals surface area contributed by atoms with Crippen LogP contribution in [0, 0.1) is 19.8 Å². The van der Waals surface area contributed by atoms with Crippen LogP contribution in [0.15, 0.2) is 12.1 Å². The number of benzene rings is 1. The van der Waals surface area contributed by atoms with Crippen LogP contribution in [0.4, 0.5) is 0 Å². The van der Waals surface area contributed by atoms with Gasteiger partial charge < -0.3 is 9.64 Å². The van der Waals surface area contributed by atoms with Gasteiger partial charge in [-0.15, -0.1) is 0 Å². The Hall–Kier alpha value is -1.35. The molecule has 0 unspecified atom stereocenters. The van der Waals surface area contributed by atoms with Gasteiger partial charge in [0.2, 0.25) is 0 Å². The average molecular weight is 289 g/mol. The summed E-state index contributed by atoms with van der Waals surface area (Å²) < 4.78 is 5.31. The standard InChI is InChI=1S/C18H27NO2/c1-13-7-10-19(11-8-13)12-9-17(20)16-5-6-18(21-4)15(3)14(16)2/h5-6,13H,7-12H2,1-4H3. The van der Waals surface area contributed by atoms with Crippen LogP contribution < -0.4 is 4.74 Å². The van der Waals surface area contributed by atoms with E-state index in [4.69, 9.17) is 4.74 Å². The summed E-state index contributed by atoms with van der Waals surface area (Å²) in [7, 11) is 1.67. The number of piperidine rings is 1. The number of nitrogens with zero attached hydrogens (tertiary/aromatic N) is 1. The molecule has 1 saturated heterocycles. The molecule has 21 heavy (non-hydrogen) atoms. The van der Waals surface area contributed by atoms with E-state index in [1.165, 1.54) is 12.8 Å². The first-order valence-electron chi connectivity index (χ1n) is 7.92. The number of hydrogen-bond acceptors (Lipinski definition) is 3. The molecular formula is C18H27NO2. The topological polar surface area (TPSA) is 29.5 Å². The highest BCUT2D eigenvalue weighted by Crippen LogP contribution is 2.25. The zero-order valence-electron chi connectivity index (χ0n) is 13.7. The van der Waals surface area contributed by atoms with Crippen molar-refractivity contribution in [2.24, 2.45) is 5.92 Å². The molecule has 1 aliphatic rings. The van der Waals surface area contributed by atoms with Crippen molar-refractivity contribution in [1.29, 1.82) is 0 Å². The van der Waals surface area contributed by atoms with Gasteiger partial charge in [-0.2, -0.15) is 0 Å². The van der Waals surface area contributed by atoms with Crippen molar-refractivity contribution in [2.45, 2.75) is 40.0 Å². The van der Waals surface area contributed by atoms with Gasteiger partial charge >= 0.3 is 0 Å². The molecule has 0 spiro atoms. The van der Waals surface area contributed by atoms with Gasteiger partial charge in [-0.1, -0.05) is 6.92 Å². The predicted octanol–water partition coefficient (Wildman–Crippen LogP) is 3.62. The number of ketones is 1. The number of carbonyl (C=O) groups excluding carboxylic acids is 1. The van der Waals surface area contributed by atoms with Crippen molar-refractivity contribution in [3.05, 3.63) is 28.8 Å². The van der Waals surface area contributed by atoms with E-state index < -0.39 is 0 Å². The lowest BCUT2D eigenvalue weighted by atomic mass is 9.96. The van der Waals surface area contributed by atoms with Crippen molar-refractivity contribution < 1.29 is 9.53 Å². The summed E-state index contributed by atoms with van der Waals surface area (Å²) in [4.78, 5) is 14.9. The predicted molar refractivity (Wildman–Crippen MR) is 86.3 cm³/mol. The molecule has 1 aromatic carbocycles. The van der Waals surface area contributed by atoms with Crippen molar-refractivity contribution in [2.75, 3.05) is 26.7 Å². The third kappa shape index (κ3) is 3.85. The molecule has 0 amide bonds. The minimum atomic E-state index is 0.247. The maximum absolute atomic E-state index is 12.5. The van der Waals surface area contributed by atoms with Crippen molar-refractivity contribution in [1.82, 2.24) is 4.90 Å². The van der Waals surface area contributed by atoms with E-state index in [9.17, 15) is 4.79 Å². The fraction of sp³-hybridized carbons (Fsp3) is 0.611. The van der Waals surface area contributed by atoms with Crippen molar-refractivity contribution in [3.63, 3.8) is 0 Å². The average Bonchev–Trinajstić information content (AvgIpc) is 2.49. The minimum Gasteiger partial charge on any atom is -0.496 e. The number of ether oxygens (including phenoxy) is 1. The van der Waals surface area contributed by atoms with E-state index in [1.807, 2.05) is 26.0 Å². The highest BCUT2D eigenvalue weighted by molar-refractivity contribution is 5.98. The maximum atomic E-state index is 12.5. The number of hydrogen-bond donors (Lipinski definition) is 0. The summed E-state index contributed by atoms with van der Waals surface area (Å²) in [6.45, 7) is 9.48. The second kappa shape index (κ2) is 7.08.